The monoisotopic (exact) mass is 184 g/mol. The Kier molecular flexibility index (Phi) is 6.21. The van der Waals surface area contributed by atoms with Crippen molar-refractivity contribution in [2.45, 2.75) is 13.3 Å². The number of rotatable bonds is 4. The quantitative estimate of drug-likeness (QED) is 0.376. The number of carbonyl (C=O) groups is 1. The van der Waals surface area contributed by atoms with Crippen LogP contribution in [0.3, 0.4) is 0 Å². The highest BCUT2D eigenvalue weighted by Crippen LogP contribution is 1.96. The summed E-state index contributed by atoms with van der Waals surface area (Å²) in [7, 11) is 0. The van der Waals surface area contributed by atoms with Crippen molar-refractivity contribution < 1.29 is 4.79 Å². The maximum Gasteiger partial charge on any atom is 0.263 e. The van der Waals surface area contributed by atoms with Crippen molar-refractivity contribution in [2.24, 2.45) is 10.3 Å². The molecule has 0 radical (unpaired) electrons. The van der Waals surface area contributed by atoms with E-state index in [1.54, 1.807) is 0 Å². The molecule has 0 spiro atoms. The molecule has 1 atom stereocenters. The van der Waals surface area contributed by atoms with E-state index in [1.165, 1.54) is 0 Å². The van der Waals surface area contributed by atoms with E-state index in [2.05, 4.69) is 28.4 Å². The molecule has 0 aromatic carbocycles. The topological polar surface area (TPSA) is 41.5 Å². The molecule has 1 unspecified atom stereocenters. The first kappa shape index (κ1) is 11.1. The van der Waals surface area contributed by atoms with Gasteiger partial charge in [0.15, 0.2) is 0 Å². The molecule has 0 bridgehead atoms. The zero-order chi connectivity index (χ0) is 9.40. The van der Waals surface area contributed by atoms with Crippen LogP contribution in [-0.2, 0) is 4.79 Å². The van der Waals surface area contributed by atoms with Crippen LogP contribution < -0.4 is 5.32 Å². The van der Waals surface area contributed by atoms with E-state index in [0.29, 0.717) is 18.9 Å². The highest BCUT2D eigenvalue weighted by Gasteiger charge is 2.01. The van der Waals surface area contributed by atoms with Gasteiger partial charge in [0.05, 0.1) is 6.21 Å². The summed E-state index contributed by atoms with van der Waals surface area (Å²) >= 11 is 3.52. The number of hydrogen-bond acceptors (Lipinski definition) is 3. The average molecular weight is 184 g/mol. The minimum Gasteiger partial charge on any atom is -0.351 e. The molecule has 0 aliphatic carbocycles. The largest absolute Gasteiger partial charge is 0.351 e. The standard InChI is InChI=1S/C8H12N2OS/c1-3-4-7(2)5-9-8(11)6-10-12/h1,6-7,12H,4-5H2,2H3,(H,9,11). The fourth-order valence-electron chi connectivity index (χ4n) is 0.646. The number of thiol groups is 1. The maximum absolute atomic E-state index is 10.8. The summed E-state index contributed by atoms with van der Waals surface area (Å²) in [6.07, 6.45) is 6.87. The Morgan fingerprint density at radius 2 is 2.58 bits per heavy atom. The summed E-state index contributed by atoms with van der Waals surface area (Å²) in [5.41, 5.74) is 0. The minimum atomic E-state index is -0.242. The summed E-state index contributed by atoms with van der Waals surface area (Å²) in [5.74, 6) is 2.58. The van der Waals surface area contributed by atoms with E-state index in [4.69, 9.17) is 6.42 Å². The van der Waals surface area contributed by atoms with Gasteiger partial charge in [-0.15, -0.1) is 12.3 Å². The van der Waals surface area contributed by atoms with Crippen molar-refractivity contribution in [1.29, 1.82) is 0 Å². The molecule has 0 aromatic heterocycles. The lowest BCUT2D eigenvalue weighted by molar-refractivity contribution is -0.114. The Balaban J connectivity index is 3.55. The average Bonchev–Trinajstić information content (AvgIpc) is 2.02. The van der Waals surface area contributed by atoms with Gasteiger partial charge >= 0.3 is 0 Å². The second-order valence-electron chi connectivity index (χ2n) is 2.50. The predicted molar refractivity (Wildman–Crippen MR) is 53.1 cm³/mol. The van der Waals surface area contributed by atoms with Crippen molar-refractivity contribution in [3.05, 3.63) is 0 Å². The molecule has 3 nitrogen and oxygen atoms in total. The lowest BCUT2D eigenvalue weighted by atomic mass is 10.1. The van der Waals surface area contributed by atoms with E-state index in [1.807, 2.05) is 6.92 Å². The van der Waals surface area contributed by atoms with Crippen LogP contribution in [0.4, 0.5) is 0 Å². The summed E-state index contributed by atoms with van der Waals surface area (Å²) in [6, 6.07) is 0. The highest BCUT2D eigenvalue weighted by atomic mass is 32.1. The third kappa shape index (κ3) is 5.81. The predicted octanol–water partition coefficient (Wildman–Crippen LogP) is 0.678. The van der Waals surface area contributed by atoms with Crippen LogP contribution >= 0.6 is 12.8 Å². The van der Waals surface area contributed by atoms with Gasteiger partial charge in [-0.1, -0.05) is 6.92 Å². The van der Waals surface area contributed by atoms with Crippen LogP contribution in [0.1, 0.15) is 13.3 Å². The molecule has 0 saturated carbocycles. The van der Waals surface area contributed by atoms with Crippen LogP contribution in [0.25, 0.3) is 0 Å². The van der Waals surface area contributed by atoms with Gasteiger partial charge < -0.3 is 5.32 Å². The lowest BCUT2D eigenvalue weighted by Gasteiger charge is -2.06. The number of nitrogens with one attached hydrogen (secondary N) is 1. The summed E-state index contributed by atoms with van der Waals surface area (Å²) in [6.45, 7) is 2.54. The zero-order valence-corrected chi connectivity index (χ0v) is 7.84. The van der Waals surface area contributed by atoms with E-state index in [0.717, 1.165) is 6.21 Å². The Hall–Kier alpha value is -0.950. The van der Waals surface area contributed by atoms with Gasteiger partial charge in [0.25, 0.3) is 5.91 Å². The van der Waals surface area contributed by atoms with Crippen molar-refractivity contribution in [2.75, 3.05) is 6.54 Å². The van der Waals surface area contributed by atoms with Crippen LogP contribution in [0.15, 0.2) is 4.40 Å². The van der Waals surface area contributed by atoms with Gasteiger partial charge in [-0.25, -0.2) is 4.40 Å². The molecule has 66 valence electrons. The van der Waals surface area contributed by atoms with E-state index in [9.17, 15) is 4.79 Å². The second kappa shape index (κ2) is 6.74. The maximum atomic E-state index is 10.8. The zero-order valence-electron chi connectivity index (χ0n) is 6.95. The van der Waals surface area contributed by atoms with E-state index in [-0.39, 0.29) is 5.91 Å². The molecular weight excluding hydrogens is 172 g/mol. The van der Waals surface area contributed by atoms with Crippen LogP contribution in [0.2, 0.25) is 0 Å². The number of amides is 1. The third-order valence-electron chi connectivity index (χ3n) is 1.27. The van der Waals surface area contributed by atoms with Crippen LogP contribution in [-0.4, -0.2) is 18.7 Å². The molecule has 12 heavy (non-hydrogen) atoms. The number of nitrogens with zero attached hydrogens (tertiary/aromatic N) is 1. The molecule has 0 fully saturated rings. The Morgan fingerprint density at radius 3 is 3.08 bits per heavy atom. The fraction of sp³-hybridized carbons (Fsp3) is 0.500. The smallest absolute Gasteiger partial charge is 0.263 e. The molecule has 0 saturated heterocycles. The molecule has 0 aromatic rings. The minimum absolute atomic E-state index is 0.242. The number of hydrogen-bond donors (Lipinski definition) is 2. The molecule has 4 heteroatoms. The normalized spacial score (nSPS) is 12.4. The van der Waals surface area contributed by atoms with Crippen molar-refractivity contribution in [3.63, 3.8) is 0 Å². The third-order valence-corrected chi connectivity index (χ3v) is 1.38. The molecule has 1 amide bonds. The van der Waals surface area contributed by atoms with E-state index < -0.39 is 0 Å². The molecule has 0 aliphatic rings. The first-order valence-electron chi connectivity index (χ1n) is 3.59. The van der Waals surface area contributed by atoms with Gasteiger partial charge in [-0.3, -0.25) is 4.79 Å². The van der Waals surface area contributed by atoms with Gasteiger partial charge in [0.2, 0.25) is 0 Å². The number of terminal acetylenes is 1. The molecule has 1 N–H and O–H groups in total. The SMILES string of the molecule is C#CCC(C)CNC(=O)C=NS. The van der Waals surface area contributed by atoms with Gasteiger partial charge in [-0.05, 0) is 18.7 Å². The van der Waals surface area contributed by atoms with Gasteiger partial charge in [0, 0.05) is 13.0 Å². The molecule has 0 heterocycles. The summed E-state index contributed by atoms with van der Waals surface area (Å²) < 4.78 is 3.28. The van der Waals surface area contributed by atoms with Crippen molar-refractivity contribution in [3.8, 4) is 12.3 Å². The van der Waals surface area contributed by atoms with Crippen molar-refractivity contribution >= 4 is 24.9 Å². The Labute approximate surface area is 78.2 Å². The fourth-order valence-corrected chi connectivity index (χ4v) is 0.751. The first-order chi connectivity index (χ1) is 5.70. The number of carbonyl (C=O) groups excluding carboxylic acids is 1. The van der Waals surface area contributed by atoms with Crippen LogP contribution in [0.5, 0.6) is 0 Å². The second-order valence-corrected chi connectivity index (χ2v) is 2.73. The first-order valence-corrected chi connectivity index (χ1v) is 3.99. The summed E-state index contributed by atoms with van der Waals surface area (Å²) in [5, 5.41) is 2.64. The molecular formula is C8H12N2OS. The Bertz CT molecular complexity index is 208. The van der Waals surface area contributed by atoms with Gasteiger partial charge in [-0.2, -0.15) is 0 Å². The highest BCUT2D eigenvalue weighted by molar-refractivity contribution is 7.79. The summed E-state index contributed by atoms with van der Waals surface area (Å²) in [4.78, 5) is 10.8. The Morgan fingerprint density at radius 1 is 1.92 bits per heavy atom. The van der Waals surface area contributed by atoms with Gasteiger partial charge in [0.1, 0.15) is 0 Å². The molecule has 0 aliphatic heterocycles. The lowest BCUT2D eigenvalue weighted by Crippen LogP contribution is -2.28. The van der Waals surface area contributed by atoms with Crippen molar-refractivity contribution in [1.82, 2.24) is 5.32 Å². The van der Waals surface area contributed by atoms with Crippen LogP contribution in [0, 0.1) is 18.3 Å². The van der Waals surface area contributed by atoms with E-state index >= 15 is 0 Å². The molecule has 0 rings (SSSR count).